The maximum absolute atomic E-state index is 15.4. The highest BCUT2D eigenvalue weighted by Gasteiger charge is 2.42. The Labute approximate surface area is 213 Å². The first-order valence-corrected chi connectivity index (χ1v) is 12.3. The van der Waals surface area contributed by atoms with Gasteiger partial charge in [-0.2, -0.15) is 13.2 Å². The topological polar surface area (TPSA) is 108 Å². The highest BCUT2D eigenvalue weighted by Crippen LogP contribution is 2.38. The highest BCUT2D eigenvalue weighted by atomic mass is 35.5. The van der Waals surface area contributed by atoms with Crippen LogP contribution in [0.25, 0.3) is 11.1 Å². The summed E-state index contributed by atoms with van der Waals surface area (Å²) in [6, 6.07) is 11.3. The van der Waals surface area contributed by atoms with Crippen LogP contribution in [0.4, 0.5) is 28.9 Å². The van der Waals surface area contributed by atoms with E-state index in [4.69, 9.17) is 17.0 Å². The maximum atomic E-state index is 15.4. The van der Waals surface area contributed by atoms with E-state index < -0.39 is 39.4 Å². The fraction of sp³-hybridized carbons (Fsp3) is 0.0833. The lowest BCUT2D eigenvalue weighted by Crippen LogP contribution is -2.28. The minimum absolute atomic E-state index is 0.00448. The van der Waals surface area contributed by atoms with E-state index in [-0.39, 0.29) is 44.6 Å². The largest absolute Gasteiger partial charge is 0.491 e. The lowest BCUT2D eigenvalue weighted by molar-refractivity contribution is -0.189. The molecule has 37 heavy (non-hydrogen) atoms. The molecule has 3 N–H and O–H groups in total. The van der Waals surface area contributed by atoms with Gasteiger partial charge in [-0.1, -0.05) is 41.9 Å². The number of hydrogen-bond donors (Lipinski definition) is 3. The smallest absolute Gasteiger partial charge is 0.418 e. The Kier molecular flexibility index (Phi) is 6.98. The third kappa shape index (κ3) is 5.44. The SMILES string of the molecule is N=C1C=CCNc2c1ccc(-c1ccc(NS(=O)(=O)c3ccccc3Cl)c(OC(=O)C(F)(F)F)c1)c2F. The Hall–Kier alpha value is -3.90. The summed E-state index contributed by atoms with van der Waals surface area (Å²) in [5.74, 6) is -4.22. The van der Waals surface area contributed by atoms with Crippen molar-refractivity contribution in [3.63, 3.8) is 0 Å². The summed E-state index contributed by atoms with van der Waals surface area (Å²) in [6.45, 7) is 0.229. The number of allylic oxidation sites excluding steroid dienone is 1. The van der Waals surface area contributed by atoms with Gasteiger partial charge in [0.1, 0.15) is 4.90 Å². The summed E-state index contributed by atoms with van der Waals surface area (Å²) >= 11 is 5.94. The van der Waals surface area contributed by atoms with E-state index in [2.05, 4.69) is 14.8 Å². The number of carbonyl (C=O) groups excluding carboxylic acids is 1. The summed E-state index contributed by atoms with van der Waals surface area (Å²) in [5, 5.41) is 10.7. The molecular formula is C24H16ClF4N3O4S. The summed E-state index contributed by atoms with van der Waals surface area (Å²) < 4.78 is 86.5. The van der Waals surface area contributed by atoms with Crippen molar-refractivity contribution in [3.8, 4) is 16.9 Å². The van der Waals surface area contributed by atoms with Crippen molar-refractivity contribution < 1.29 is 35.5 Å². The van der Waals surface area contributed by atoms with Crippen LogP contribution < -0.4 is 14.8 Å². The van der Waals surface area contributed by atoms with E-state index >= 15 is 4.39 Å². The molecule has 0 radical (unpaired) electrons. The lowest BCUT2D eigenvalue weighted by atomic mass is 9.99. The van der Waals surface area contributed by atoms with Gasteiger partial charge in [0, 0.05) is 17.7 Å². The van der Waals surface area contributed by atoms with Gasteiger partial charge in [0.2, 0.25) is 0 Å². The number of rotatable bonds is 5. The van der Waals surface area contributed by atoms with Crippen LogP contribution in [-0.4, -0.2) is 32.8 Å². The van der Waals surface area contributed by atoms with Crippen LogP contribution in [0.5, 0.6) is 5.75 Å². The summed E-state index contributed by atoms with van der Waals surface area (Å²) in [6.07, 6.45) is -2.27. The van der Waals surface area contributed by atoms with Crippen LogP contribution >= 0.6 is 11.6 Å². The summed E-state index contributed by atoms with van der Waals surface area (Å²) in [5.41, 5.74) is -0.301. The van der Waals surface area contributed by atoms with Crippen LogP contribution in [0.2, 0.25) is 5.02 Å². The molecule has 0 bridgehead atoms. The number of ether oxygens (including phenoxy) is 1. The van der Waals surface area contributed by atoms with Gasteiger partial charge in [0.05, 0.1) is 22.1 Å². The van der Waals surface area contributed by atoms with E-state index in [1.807, 2.05) is 0 Å². The summed E-state index contributed by atoms with van der Waals surface area (Å²) in [4.78, 5) is 11.2. The van der Waals surface area contributed by atoms with Gasteiger partial charge in [-0.25, -0.2) is 17.6 Å². The molecular weight excluding hydrogens is 538 g/mol. The molecule has 0 aliphatic carbocycles. The first-order chi connectivity index (χ1) is 17.4. The molecule has 0 saturated heterocycles. The molecule has 13 heteroatoms. The molecule has 0 spiro atoms. The van der Waals surface area contributed by atoms with Crippen LogP contribution in [0.1, 0.15) is 5.56 Å². The molecule has 7 nitrogen and oxygen atoms in total. The molecule has 4 rings (SSSR count). The average molecular weight is 554 g/mol. The number of alkyl halides is 3. The Morgan fingerprint density at radius 2 is 1.78 bits per heavy atom. The number of sulfonamides is 1. The highest BCUT2D eigenvalue weighted by molar-refractivity contribution is 7.92. The van der Waals surface area contributed by atoms with Crippen LogP contribution in [0.15, 0.2) is 71.6 Å². The zero-order chi connectivity index (χ0) is 27.0. The van der Waals surface area contributed by atoms with Gasteiger partial charge < -0.3 is 15.5 Å². The van der Waals surface area contributed by atoms with Crippen LogP contribution in [0.3, 0.4) is 0 Å². The predicted molar refractivity (Wildman–Crippen MR) is 130 cm³/mol. The van der Waals surface area contributed by atoms with Crippen molar-refractivity contribution in [1.82, 2.24) is 0 Å². The number of nitrogens with one attached hydrogen (secondary N) is 3. The number of fused-ring (bicyclic) bond motifs is 1. The molecule has 1 aliphatic heterocycles. The molecule has 0 unspecified atom stereocenters. The van der Waals surface area contributed by atoms with Gasteiger partial charge in [-0.3, -0.25) is 4.72 Å². The minimum Gasteiger partial charge on any atom is -0.418 e. The molecule has 3 aromatic rings. The monoisotopic (exact) mass is 553 g/mol. The molecule has 0 amide bonds. The second-order valence-corrected chi connectivity index (χ2v) is 9.74. The quantitative estimate of drug-likeness (QED) is 0.211. The number of benzene rings is 3. The van der Waals surface area contributed by atoms with Gasteiger partial charge in [0.15, 0.2) is 11.6 Å². The predicted octanol–water partition coefficient (Wildman–Crippen LogP) is 5.76. The van der Waals surface area contributed by atoms with E-state index in [9.17, 15) is 26.4 Å². The van der Waals surface area contributed by atoms with E-state index in [1.54, 1.807) is 6.08 Å². The van der Waals surface area contributed by atoms with Gasteiger partial charge in [-0.05, 0) is 42.0 Å². The standard InChI is InChI=1S/C24H16ClF4N3O4S/c25-16-4-1-2-6-20(16)37(34,35)32-18-10-7-13(12-19(18)36-23(33)24(27,28)29)14-8-9-15-17(30)5-3-11-31-22(15)21(14)26/h1-10,12,30-32H,11H2. The molecule has 0 fully saturated rings. The van der Waals surface area contributed by atoms with Crippen molar-refractivity contribution >= 4 is 44.7 Å². The van der Waals surface area contributed by atoms with Crippen molar-refractivity contribution in [2.75, 3.05) is 16.6 Å². The fourth-order valence-electron chi connectivity index (χ4n) is 3.50. The van der Waals surface area contributed by atoms with Crippen LogP contribution in [-0.2, 0) is 14.8 Å². The second-order valence-electron chi connectivity index (χ2n) is 7.68. The second kappa shape index (κ2) is 9.87. The molecule has 192 valence electrons. The Balaban J connectivity index is 1.80. The molecule has 1 aliphatic rings. The number of carbonyl (C=O) groups is 1. The summed E-state index contributed by atoms with van der Waals surface area (Å²) in [7, 11) is -4.41. The van der Waals surface area contributed by atoms with Crippen molar-refractivity contribution in [1.29, 1.82) is 5.41 Å². The maximum Gasteiger partial charge on any atom is 0.491 e. The molecule has 1 heterocycles. The van der Waals surface area contributed by atoms with Gasteiger partial charge >= 0.3 is 12.1 Å². The first kappa shape index (κ1) is 26.2. The third-order valence-corrected chi connectivity index (χ3v) is 7.08. The van der Waals surface area contributed by atoms with E-state index in [0.717, 1.165) is 12.1 Å². The molecule has 0 saturated carbocycles. The van der Waals surface area contributed by atoms with Gasteiger partial charge in [-0.15, -0.1) is 0 Å². The van der Waals surface area contributed by atoms with Crippen molar-refractivity contribution in [2.24, 2.45) is 0 Å². The lowest BCUT2D eigenvalue weighted by Gasteiger charge is -2.17. The van der Waals surface area contributed by atoms with Crippen LogP contribution in [0, 0.1) is 11.2 Å². The number of esters is 1. The van der Waals surface area contributed by atoms with E-state index in [1.165, 1.54) is 48.5 Å². The number of hydrogen-bond acceptors (Lipinski definition) is 6. The minimum atomic E-state index is -5.39. The Morgan fingerprint density at radius 1 is 1.08 bits per heavy atom. The normalized spacial score (nSPS) is 13.4. The Morgan fingerprint density at radius 3 is 2.49 bits per heavy atom. The zero-order valence-electron chi connectivity index (χ0n) is 18.5. The first-order valence-electron chi connectivity index (χ1n) is 10.4. The van der Waals surface area contributed by atoms with E-state index in [0.29, 0.717) is 0 Å². The zero-order valence-corrected chi connectivity index (χ0v) is 20.1. The Bertz CT molecular complexity index is 1560. The number of halogens is 5. The molecule has 3 aromatic carbocycles. The fourth-order valence-corrected chi connectivity index (χ4v) is 5.09. The number of anilines is 2. The average Bonchev–Trinajstić information content (AvgIpc) is 3.02. The van der Waals surface area contributed by atoms with Crippen molar-refractivity contribution in [2.45, 2.75) is 11.1 Å². The third-order valence-electron chi connectivity index (χ3n) is 5.21. The molecule has 0 atom stereocenters. The van der Waals surface area contributed by atoms with Gasteiger partial charge in [0.25, 0.3) is 10.0 Å². The molecule has 0 aromatic heterocycles. The van der Waals surface area contributed by atoms with Crippen molar-refractivity contribution in [3.05, 3.63) is 83.2 Å².